The molecule has 8 heteroatoms. The van der Waals surface area contributed by atoms with Crippen LogP contribution in [0.25, 0.3) is 0 Å². The van der Waals surface area contributed by atoms with Crippen molar-refractivity contribution in [3.8, 4) is 11.5 Å². The Balaban J connectivity index is 1.83. The van der Waals surface area contributed by atoms with Gasteiger partial charge in [0, 0.05) is 40.6 Å². The Kier molecular flexibility index (Phi) is 8.00. The molecule has 6 nitrogen and oxygen atoms in total. The number of carboxylic acids is 1. The molecule has 1 aromatic heterocycles. The summed E-state index contributed by atoms with van der Waals surface area (Å²) in [6.45, 7) is 7.01. The second kappa shape index (κ2) is 10.7. The molecule has 0 atom stereocenters. The number of carboxylic acid groups (broad SMARTS) is 1. The molecule has 3 rings (SSSR count). The molecule has 0 aliphatic carbocycles. The summed E-state index contributed by atoms with van der Waals surface area (Å²) in [5, 5.41) is 13.5. The molecular formula is C25H28ClFN2O4. The highest BCUT2D eigenvalue weighted by Gasteiger charge is 2.23. The van der Waals surface area contributed by atoms with E-state index in [4.69, 9.17) is 21.1 Å². The molecule has 0 fully saturated rings. The third-order valence-corrected chi connectivity index (χ3v) is 6.01. The first-order chi connectivity index (χ1) is 15.8. The van der Waals surface area contributed by atoms with Gasteiger partial charge in [0.05, 0.1) is 25.8 Å². The van der Waals surface area contributed by atoms with Crippen LogP contribution >= 0.6 is 11.6 Å². The van der Waals surface area contributed by atoms with Gasteiger partial charge in [-0.05, 0) is 50.6 Å². The van der Waals surface area contributed by atoms with Crippen molar-refractivity contribution >= 4 is 17.6 Å². The van der Waals surface area contributed by atoms with E-state index < -0.39 is 11.8 Å². The number of nitrogens with zero attached hydrogens (tertiary/aromatic N) is 1. The number of aromatic nitrogens is 1. The maximum atomic E-state index is 14.3. The van der Waals surface area contributed by atoms with E-state index in [1.54, 1.807) is 30.7 Å². The minimum Gasteiger partial charge on any atom is -0.493 e. The van der Waals surface area contributed by atoms with Crippen molar-refractivity contribution in [1.29, 1.82) is 0 Å². The summed E-state index contributed by atoms with van der Waals surface area (Å²) >= 11 is 6.20. The zero-order valence-corrected chi connectivity index (χ0v) is 19.9. The van der Waals surface area contributed by atoms with Crippen LogP contribution in [0.2, 0.25) is 5.02 Å². The number of carbonyl (C=O) groups is 1. The molecule has 33 heavy (non-hydrogen) atoms. The highest BCUT2D eigenvalue weighted by molar-refractivity contribution is 6.31. The van der Waals surface area contributed by atoms with Crippen LogP contribution in [0.3, 0.4) is 0 Å². The molecule has 0 saturated heterocycles. The monoisotopic (exact) mass is 474 g/mol. The van der Waals surface area contributed by atoms with Gasteiger partial charge in [0.1, 0.15) is 5.82 Å². The Hall–Kier alpha value is -3.03. The van der Waals surface area contributed by atoms with Crippen LogP contribution < -0.4 is 14.8 Å². The van der Waals surface area contributed by atoms with Crippen LogP contribution in [0.5, 0.6) is 11.5 Å². The summed E-state index contributed by atoms with van der Waals surface area (Å²) in [6.07, 6.45) is 0. The van der Waals surface area contributed by atoms with Crippen molar-refractivity contribution in [1.82, 2.24) is 9.88 Å². The zero-order chi connectivity index (χ0) is 24.1. The van der Waals surface area contributed by atoms with Gasteiger partial charge >= 0.3 is 5.97 Å². The largest absolute Gasteiger partial charge is 0.493 e. The topological polar surface area (TPSA) is 72.7 Å². The van der Waals surface area contributed by atoms with E-state index in [0.717, 1.165) is 11.3 Å². The average molecular weight is 475 g/mol. The van der Waals surface area contributed by atoms with E-state index in [9.17, 15) is 14.3 Å². The molecular weight excluding hydrogens is 447 g/mol. The number of aromatic carboxylic acids is 1. The van der Waals surface area contributed by atoms with Gasteiger partial charge in [-0.3, -0.25) is 0 Å². The van der Waals surface area contributed by atoms with Crippen molar-refractivity contribution < 1.29 is 23.8 Å². The summed E-state index contributed by atoms with van der Waals surface area (Å²) in [4.78, 5) is 12.0. The van der Waals surface area contributed by atoms with Crippen LogP contribution in [0, 0.1) is 19.7 Å². The van der Waals surface area contributed by atoms with Crippen molar-refractivity contribution in [2.75, 3.05) is 13.7 Å². The molecule has 0 aliphatic rings. The van der Waals surface area contributed by atoms with Crippen LogP contribution in [-0.4, -0.2) is 29.4 Å². The summed E-state index contributed by atoms with van der Waals surface area (Å²) in [5.41, 5.74) is 3.49. The summed E-state index contributed by atoms with van der Waals surface area (Å²) in [7, 11) is 1.59. The van der Waals surface area contributed by atoms with E-state index in [2.05, 4.69) is 5.32 Å². The lowest BCUT2D eigenvalue weighted by Gasteiger charge is -2.13. The summed E-state index contributed by atoms with van der Waals surface area (Å²) in [5.74, 6) is -0.126. The van der Waals surface area contributed by atoms with Crippen LogP contribution in [0.1, 0.15) is 45.4 Å². The molecule has 0 bridgehead atoms. The third kappa shape index (κ3) is 5.31. The normalized spacial score (nSPS) is 11.0. The van der Waals surface area contributed by atoms with Gasteiger partial charge in [-0.1, -0.05) is 23.7 Å². The van der Waals surface area contributed by atoms with E-state index in [-0.39, 0.29) is 12.1 Å². The maximum absolute atomic E-state index is 14.3. The second-order valence-corrected chi connectivity index (χ2v) is 8.04. The molecule has 0 spiro atoms. The first-order valence-electron chi connectivity index (χ1n) is 10.6. The van der Waals surface area contributed by atoms with Crippen molar-refractivity contribution in [2.45, 2.75) is 40.4 Å². The van der Waals surface area contributed by atoms with Gasteiger partial charge in [0.2, 0.25) is 0 Å². The first kappa shape index (κ1) is 24.6. The Morgan fingerprint density at radius 2 is 1.88 bits per heavy atom. The number of methoxy groups -OCH3 is 1. The van der Waals surface area contributed by atoms with Gasteiger partial charge in [-0.25, -0.2) is 9.18 Å². The van der Waals surface area contributed by atoms with Gasteiger partial charge in [-0.2, -0.15) is 0 Å². The highest BCUT2D eigenvalue weighted by atomic mass is 35.5. The van der Waals surface area contributed by atoms with Crippen molar-refractivity contribution in [3.05, 3.63) is 80.9 Å². The SMILES string of the molecule is CCOc1ccc(CNCc2c(C(=O)O)c(C)n(Cc3c(F)cccc3Cl)c2C)cc1OC. The van der Waals surface area contributed by atoms with Crippen LogP contribution in [-0.2, 0) is 19.6 Å². The van der Waals surface area contributed by atoms with Gasteiger partial charge < -0.3 is 24.5 Å². The standard InChI is InChI=1S/C25H28ClFN2O4/c1-5-33-22-10-9-17(11-23(22)32-4)12-28-13-18-15(2)29(16(3)24(18)25(30)31)14-19-20(26)7-6-8-21(19)27/h6-11,28H,5,12-14H2,1-4H3,(H,30,31). The molecule has 0 unspecified atom stereocenters. The predicted molar refractivity (Wildman–Crippen MR) is 126 cm³/mol. The molecule has 0 aliphatic heterocycles. The number of hydrogen-bond acceptors (Lipinski definition) is 4. The number of ether oxygens (including phenoxy) is 2. The number of halogens is 2. The average Bonchev–Trinajstić information content (AvgIpc) is 3.01. The fourth-order valence-electron chi connectivity index (χ4n) is 3.96. The molecule has 0 saturated carbocycles. The minimum absolute atomic E-state index is 0.152. The fourth-order valence-corrected chi connectivity index (χ4v) is 4.18. The van der Waals surface area contributed by atoms with Gasteiger partial charge in [-0.15, -0.1) is 0 Å². The number of hydrogen-bond donors (Lipinski definition) is 2. The lowest BCUT2D eigenvalue weighted by Crippen LogP contribution is -2.15. The van der Waals surface area contributed by atoms with E-state index in [1.165, 1.54) is 6.07 Å². The van der Waals surface area contributed by atoms with E-state index in [0.29, 0.717) is 53.0 Å². The van der Waals surface area contributed by atoms with E-state index in [1.807, 2.05) is 32.0 Å². The van der Waals surface area contributed by atoms with Crippen molar-refractivity contribution in [3.63, 3.8) is 0 Å². The Morgan fingerprint density at radius 1 is 1.12 bits per heavy atom. The van der Waals surface area contributed by atoms with Gasteiger partial charge in [0.25, 0.3) is 0 Å². The van der Waals surface area contributed by atoms with Crippen molar-refractivity contribution in [2.24, 2.45) is 0 Å². The minimum atomic E-state index is -1.02. The number of rotatable bonds is 10. The molecule has 3 aromatic rings. The second-order valence-electron chi connectivity index (χ2n) is 7.64. The maximum Gasteiger partial charge on any atom is 0.337 e. The zero-order valence-electron chi connectivity index (χ0n) is 19.2. The highest BCUT2D eigenvalue weighted by Crippen LogP contribution is 2.29. The summed E-state index contributed by atoms with van der Waals surface area (Å²) in [6, 6.07) is 10.2. The molecule has 1 heterocycles. The Morgan fingerprint density at radius 3 is 2.52 bits per heavy atom. The number of benzene rings is 2. The third-order valence-electron chi connectivity index (χ3n) is 5.66. The molecule has 2 N–H and O–H groups in total. The lowest BCUT2D eigenvalue weighted by atomic mass is 10.1. The Bertz CT molecular complexity index is 1140. The fraction of sp³-hybridized carbons (Fsp3) is 0.320. The predicted octanol–water partition coefficient (Wildman–Crippen LogP) is 5.34. The molecule has 0 amide bonds. The molecule has 0 radical (unpaired) electrons. The quantitative estimate of drug-likeness (QED) is 0.415. The van der Waals surface area contributed by atoms with Crippen LogP contribution in [0.4, 0.5) is 4.39 Å². The molecule has 2 aromatic carbocycles. The Labute approximate surface area is 197 Å². The lowest BCUT2D eigenvalue weighted by molar-refractivity contribution is 0.0694. The first-order valence-corrected chi connectivity index (χ1v) is 11.0. The molecule has 176 valence electrons. The van der Waals surface area contributed by atoms with Crippen LogP contribution in [0.15, 0.2) is 36.4 Å². The van der Waals surface area contributed by atoms with E-state index >= 15 is 0 Å². The van der Waals surface area contributed by atoms with Gasteiger partial charge in [0.15, 0.2) is 11.5 Å². The summed E-state index contributed by atoms with van der Waals surface area (Å²) < 4.78 is 27.1. The number of nitrogens with one attached hydrogen (secondary N) is 1. The smallest absolute Gasteiger partial charge is 0.337 e.